The van der Waals surface area contributed by atoms with Crippen LogP contribution in [0.25, 0.3) is 0 Å². The number of carbonyl (C=O) groups excluding carboxylic acids is 1. The first kappa shape index (κ1) is 15.8. The number of rotatable bonds is 7. The molecular weight excluding hydrogens is 244 g/mol. The lowest BCUT2D eigenvalue weighted by molar-refractivity contribution is -0.125. The molecule has 0 radical (unpaired) electrons. The highest BCUT2D eigenvalue weighted by Crippen LogP contribution is 2.33. The molecule has 0 aliphatic heterocycles. The molecule has 1 nitrogen and oxygen atoms in total. The van der Waals surface area contributed by atoms with Gasteiger partial charge in [-0.1, -0.05) is 45.3 Å². The zero-order chi connectivity index (χ0) is 13.6. The fourth-order valence-electron chi connectivity index (χ4n) is 2.71. The van der Waals surface area contributed by atoms with Crippen LogP contribution < -0.4 is 0 Å². The van der Waals surface area contributed by atoms with E-state index in [9.17, 15) is 4.79 Å². The topological polar surface area (TPSA) is 17.1 Å². The molecule has 0 N–H and O–H groups in total. The van der Waals surface area contributed by atoms with Gasteiger partial charge < -0.3 is 0 Å². The van der Waals surface area contributed by atoms with Crippen molar-refractivity contribution in [1.82, 2.24) is 0 Å². The van der Waals surface area contributed by atoms with Crippen molar-refractivity contribution in [2.45, 2.75) is 65.2 Å². The predicted octanol–water partition coefficient (Wildman–Crippen LogP) is 5.13. The standard InChI is InChI=1S/C16H27ClO/c1-13(12-17)9-10-16(2,3)11-15(18)14-7-5-4-6-8-14/h14H,1,4-12H2,2-3H3. The quantitative estimate of drug-likeness (QED) is 0.463. The third-order valence-electron chi connectivity index (χ3n) is 4.06. The van der Waals surface area contributed by atoms with E-state index in [1.165, 1.54) is 19.3 Å². The lowest BCUT2D eigenvalue weighted by atomic mass is 9.76. The molecule has 1 rings (SSSR count). The molecule has 1 fully saturated rings. The van der Waals surface area contributed by atoms with Gasteiger partial charge >= 0.3 is 0 Å². The zero-order valence-electron chi connectivity index (χ0n) is 11.9. The number of Topliss-reactive ketones (excluding diaryl/α,β-unsaturated/α-hetero) is 1. The Bertz CT molecular complexity index is 287. The van der Waals surface area contributed by atoms with Crippen molar-refractivity contribution in [1.29, 1.82) is 0 Å². The van der Waals surface area contributed by atoms with Crippen molar-refractivity contribution in [2.24, 2.45) is 11.3 Å². The Morgan fingerprint density at radius 1 is 1.28 bits per heavy atom. The van der Waals surface area contributed by atoms with Crippen LogP contribution in [0.5, 0.6) is 0 Å². The van der Waals surface area contributed by atoms with Crippen molar-refractivity contribution in [3.63, 3.8) is 0 Å². The highest BCUT2D eigenvalue weighted by atomic mass is 35.5. The van der Waals surface area contributed by atoms with Gasteiger partial charge in [0, 0.05) is 18.2 Å². The van der Waals surface area contributed by atoms with Gasteiger partial charge in [-0.3, -0.25) is 4.79 Å². The maximum atomic E-state index is 12.3. The van der Waals surface area contributed by atoms with Crippen molar-refractivity contribution < 1.29 is 4.79 Å². The van der Waals surface area contributed by atoms with Gasteiger partial charge in [0.1, 0.15) is 5.78 Å². The highest BCUT2D eigenvalue weighted by molar-refractivity contribution is 6.19. The van der Waals surface area contributed by atoms with Gasteiger partial charge in [-0.15, -0.1) is 11.6 Å². The minimum absolute atomic E-state index is 0.0868. The van der Waals surface area contributed by atoms with Gasteiger partial charge in [-0.25, -0.2) is 0 Å². The Morgan fingerprint density at radius 2 is 1.89 bits per heavy atom. The highest BCUT2D eigenvalue weighted by Gasteiger charge is 2.27. The normalized spacial score (nSPS) is 17.7. The molecular formula is C16H27ClO. The number of halogens is 1. The largest absolute Gasteiger partial charge is 0.299 e. The molecule has 0 unspecified atom stereocenters. The van der Waals surface area contributed by atoms with Crippen molar-refractivity contribution in [3.8, 4) is 0 Å². The van der Waals surface area contributed by atoms with E-state index in [4.69, 9.17) is 11.6 Å². The van der Waals surface area contributed by atoms with Crippen LogP contribution in [-0.4, -0.2) is 11.7 Å². The lowest BCUT2D eigenvalue weighted by Crippen LogP contribution is -2.24. The molecule has 0 aromatic rings. The molecule has 104 valence electrons. The van der Waals surface area contributed by atoms with Crippen LogP contribution in [0.4, 0.5) is 0 Å². The molecule has 0 heterocycles. The molecule has 1 aliphatic rings. The number of allylic oxidation sites excluding steroid dienone is 1. The molecule has 2 heteroatoms. The van der Waals surface area contributed by atoms with Gasteiger partial charge in [0.05, 0.1) is 0 Å². The van der Waals surface area contributed by atoms with Crippen LogP contribution >= 0.6 is 11.6 Å². The SMILES string of the molecule is C=C(CCl)CCC(C)(C)CC(=O)C1CCCCC1. The number of carbonyl (C=O) groups is 1. The van der Waals surface area contributed by atoms with Crippen molar-refractivity contribution in [3.05, 3.63) is 12.2 Å². The minimum Gasteiger partial charge on any atom is -0.299 e. The summed E-state index contributed by atoms with van der Waals surface area (Å²) in [6.45, 7) is 8.31. The first-order valence-corrected chi connectivity index (χ1v) is 7.73. The third kappa shape index (κ3) is 5.56. The third-order valence-corrected chi connectivity index (χ3v) is 4.44. The van der Waals surface area contributed by atoms with Crippen LogP contribution in [0.2, 0.25) is 0 Å². The predicted molar refractivity (Wildman–Crippen MR) is 79.1 cm³/mol. The molecule has 18 heavy (non-hydrogen) atoms. The molecule has 0 amide bonds. The minimum atomic E-state index is 0.0868. The summed E-state index contributed by atoms with van der Waals surface area (Å²) >= 11 is 5.74. The van der Waals surface area contributed by atoms with E-state index in [1.54, 1.807) is 0 Å². The lowest BCUT2D eigenvalue weighted by Gasteiger charge is -2.28. The smallest absolute Gasteiger partial charge is 0.136 e. The summed E-state index contributed by atoms with van der Waals surface area (Å²) in [5, 5.41) is 0. The monoisotopic (exact) mass is 270 g/mol. The van der Waals surface area contributed by atoms with Gasteiger partial charge in [0.25, 0.3) is 0 Å². The number of hydrogen-bond acceptors (Lipinski definition) is 1. The molecule has 1 aliphatic carbocycles. The van der Waals surface area contributed by atoms with Gasteiger partial charge in [-0.2, -0.15) is 0 Å². The summed E-state index contributed by atoms with van der Waals surface area (Å²) < 4.78 is 0. The Kier molecular flexibility index (Phi) is 6.42. The summed E-state index contributed by atoms with van der Waals surface area (Å²) in [5.74, 6) is 1.36. The molecule has 0 aromatic heterocycles. The van der Waals surface area contributed by atoms with Crippen LogP contribution in [0.3, 0.4) is 0 Å². The average molecular weight is 271 g/mol. The Morgan fingerprint density at radius 3 is 2.44 bits per heavy atom. The number of ketones is 1. The Hall–Kier alpha value is -0.300. The Labute approximate surface area is 117 Å². The second kappa shape index (κ2) is 7.33. The van der Waals surface area contributed by atoms with E-state index >= 15 is 0 Å². The van der Waals surface area contributed by atoms with Crippen molar-refractivity contribution >= 4 is 17.4 Å². The number of hydrogen-bond donors (Lipinski definition) is 0. The maximum absolute atomic E-state index is 12.3. The second-order valence-corrected chi connectivity index (χ2v) is 6.79. The van der Waals surface area contributed by atoms with Crippen LogP contribution in [0, 0.1) is 11.3 Å². The Balaban J connectivity index is 2.38. The summed E-state index contributed by atoms with van der Waals surface area (Å²) in [5.41, 5.74) is 1.17. The summed E-state index contributed by atoms with van der Waals surface area (Å²) in [7, 11) is 0. The molecule has 0 aromatic carbocycles. The number of alkyl halides is 1. The van der Waals surface area contributed by atoms with E-state index in [0.29, 0.717) is 24.0 Å². The summed E-state index contributed by atoms with van der Waals surface area (Å²) in [4.78, 5) is 12.3. The molecule has 1 saturated carbocycles. The summed E-state index contributed by atoms with van der Waals surface area (Å²) in [6, 6.07) is 0. The van der Waals surface area contributed by atoms with Crippen LogP contribution in [-0.2, 0) is 4.79 Å². The fraction of sp³-hybridized carbons (Fsp3) is 0.812. The van der Waals surface area contributed by atoms with Gasteiger partial charge in [0.15, 0.2) is 0 Å². The fourth-order valence-corrected chi connectivity index (χ4v) is 2.84. The van der Waals surface area contributed by atoms with Crippen LogP contribution in [0.15, 0.2) is 12.2 Å². The zero-order valence-corrected chi connectivity index (χ0v) is 12.7. The van der Waals surface area contributed by atoms with E-state index < -0.39 is 0 Å². The van der Waals surface area contributed by atoms with E-state index in [0.717, 1.165) is 31.3 Å². The summed E-state index contributed by atoms with van der Waals surface area (Å²) in [6.07, 6.45) is 8.67. The van der Waals surface area contributed by atoms with Crippen LogP contribution in [0.1, 0.15) is 65.2 Å². The molecule has 0 saturated heterocycles. The first-order chi connectivity index (χ1) is 8.44. The maximum Gasteiger partial charge on any atom is 0.136 e. The second-order valence-electron chi connectivity index (χ2n) is 6.53. The first-order valence-electron chi connectivity index (χ1n) is 7.20. The average Bonchev–Trinajstić information content (AvgIpc) is 2.36. The van der Waals surface area contributed by atoms with Gasteiger partial charge in [-0.05, 0) is 31.1 Å². The van der Waals surface area contributed by atoms with Gasteiger partial charge in [0.2, 0.25) is 0 Å². The van der Waals surface area contributed by atoms with E-state index in [-0.39, 0.29) is 5.41 Å². The van der Waals surface area contributed by atoms with Crippen molar-refractivity contribution in [2.75, 3.05) is 5.88 Å². The molecule has 0 atom stereocenters. The molecule has 0 bridgehead atoms. The van der Waals surface area contributed by atoms with E-state index in [2.05, 4.69) is 20.4 Å². The van der Waals surface area contributed by atoms with E-state index in [1.807, 2.05) is 0 Å². The molecule has 0 spiro atoms.